The molecule has 20 heavy (non-hydrogen) atoms. The van der Waals surface area contributed by atoms with E-state index in [4.69, 9.17) is 0 Å². The Morgan fingerprint density at radius 3 is 2.85 bits per heavy atom. The number of rotatable bonds is 2. The maximum Gasteiger partial charge on any atom is 0.286 e. The van der Waals surface area contributed by atoms with Gasteiger partial charge < -0.3 is 4.90 Å². The van der Waals surface area contributed by atoms with Gasteiger partial charge in [-0.1, -0.05) is 24.8 Å². The van der Waals surface area contributed by atoms with E-state index in [1.165, 1.54) is 11.8 Å². The maximum absolute atomic E-state index is 14.3. The summed E-state index contributed by atoms with van der Waals surface area (Å²) in [6.07, 6.45) is 3.01. The van der Waals surface area contributed by atoms with Crippen molar-refractivity contribution in [2.45, 2.75) is 25.5 Å². The van der Waals surface area contributed by atoms with Gasteiger partial charge in [0.2, 0.25) is 0 Å². The average Bonchev–Trinajstić information content (AvgIpc) is 2.96. The minimum Gasteiger partial charge on any atom is -0.302 e. The summed E-state index contributed by atoms with van der Waals surface area (Å²) < 4.78 is 14.3. The summed E-state index contributed by atoms with van der Waals surface area (Å²) in [4.78, 5) is 24.7. The summed E-state index contributed by atoms with van der Waals surface area (Å²) in [5, 5.41) is 0.221. The molecule has 2 aliphatic rings. The van der Waals surface area contributed by atoms with E-state index in [9.17, 15) is 14.0 Å². The second-order valence-corrected chi connectivity index (χ2v) is 6.54. The van der Waals surface area contributed by atoms with E-state index < -0.39 is 0 Å². The minimum absolute atomic E-state index is 0.00904. The standard InChI is InChI=1S/C15H14FNO2S/c1-8-6-17(15(19)20-8)13-4-3-11-12(13)5-10(7-18)9(2)14(11)16/h4-5,7-8H,3,6H2,1-2H3/t8-/m1/s1. The summed E-state index contributed by atoms with van der Waals surface area (Å²) in [7, 11) is 0. The van der Waals surface area contributed by atoms with Crippen LogP contribution in [-0.2, 0) is 6.42 Å². The molecular weight excluding hydrogens is 277 g/mol. The highest BCUT2D eigenvalue weighted by molar-refractivity contribution is 8.14. The van der Waals surface area contributed by atoms with Crippen LogP contribution in [-0.4, -0.2) is 28.2 Å². The normalized spacial score (nSPS) is 21.1. The third kappa shape index (κ3) is 1.88. The number of allylic oxidation sites excluding steroid dienone is 1. The molecule has 1 saturated heterocycles. The van der Waals surface area contributed by atoms with Crippen LogP contribution in [0.1, 0.15) is 34.0 Å². The Balaban J connectivity index is 2.07. The van der Waals surface area contributed by atoms with Gasteiger partial charge in [0.05, 0.1) is 0 Å². The Hall–Kier alpha value is -1.62. The van der Waals surface area contributed by atoms with E-state index in [0.717, 1.165) is 5.70 Å². The molecule has 0 saturated carbocycles. The van der Waals surface area contributed by atoms with Crippen LogP contribution < -0.4 is 0 Å². The quantitative estimate of drug-likeness (QED) is 0.784. The molecule has 3 nitrogen and oxygen atoms in total. The van der Waals surface area contributed by atoms with Crippen LogP contribution in [0.15, 0.2) is 12.1 Å². The molecule has 1 heterocycles. The van der Waals surface area contributed by atoms with Crippen LogP contribution in [0.5, 0.6) is 0 Å². The number of hydrogen-bond acceptors (Lipinski definition) is 3. The molecule has 0 radical (unpaired) electrons. The maximum atomic E-state index is 14.3. The lowest BCUT2D eigenvalue weighted by Crippen LogP contribution is -2.22. The summed E-state index contributed by atoms with van der Waals surface area (Å²) in [5.74, 6) is -0.330. The molecule has 0 bridgehead atoms. The fraction of sp³-hybridized carbons (Fsp3) is 0.333. The van der Waals surface area contributed by atoms with Gasteiger partial charge in [-0.2, -0.15) is 0 Å². The molecule has 1 fully saturated rings. The van der Waals surface area contributed by atoms with Gasteiger partial charge in [0.25, 0.3) is 5.24 Å². The Kier molecular flexibility index (Phi) is 3.17. The zero-order chi connectivity index (χ0) is 14.4. The van der Waals surface area contributed by atoms with Crippen LogP contribution in [0, 0.1) is 12.7 Å². The van der Waals surface area contributed by atoms with Crippen molar-refractivity contribution in [2.75, 3.05) is 6.54 Å². The lowest BCUT2D eigenvalue weighted by atomic mass is 9.99. The van der Waals surface area contributed by atoms with Crippen LogP contribution in [0.3, 0.4) is 0 Å². The summed E-state index contributed by atoms with van der Waals surface area (Å²) in [5.41, 5.74) is 2.73. The number of amides is 1. The van der Waals surface area contributed by atoms with E-state index in [0.29, 0.717) is 41.5 Å². The van der Waals surface area contributed by atoms with Gasteiger partial charge in [0, 0.05) is 34.2 Å². The largest absolute Gasteiger partial charge is 0.302 e. The van der Waals surface area contributed by atoms with Crippen molar-refractivity contribution in [1.29, 1.82) is 0 Å². The van der Waals surface area contributed by atoms with Crippen molar-refractivity contribution in [3.05, 3.63) is 40.2 Å². The monoisotopic (exact) mass is 291 g/mol. The summed E-state index contributed by atoms with van der Waals surface area (Å²) in [6, 6.07) is 1.69. The van der Waals surface area contributed by atoms with E-state index in [1.54, 1.807) is 17.9 Å². The zero-order valence-electron chi connectivity index (χ0n) is 11.3. The molecule has 0 aromatic heterocycles. The molecule has 1 atom stereocenters. The van der Waals surface area contributed by atoms with Crippen molar-refractivity contribution in [3.8, 4) is 0 Å². The Labute approximate surface area is 120 Å². The van der Waals surface area contributed by atoms with Crippen molar-refractivity contribution in [2.24, 2.45) is 0 Å². The van der Waals surface area contributed by atoms with Gasteiger partial charge in [0.15, 0.2) is 0 Å². The van der Waals surface area contributed by atoms with Crippen molar-refractivity contribution in [1.82, 2.24) is 4.90 Å². The topological polar surface area (TPSA) is 37.4 Å². The first-order valence-corrected chi connectivity index (χ1v) is 7.36. The third-order valence-corrected chi connectivity index (χ3v) is 4.78. The highest BCUT2D eigenvalue weighted by Crippen LogP contribution is 2.39. The number of halogens is 1. The highest BCUT2D eigenvalue weighted by atomic mass is 32.2. The SMILES string of the molecule is Cc1c(C=O)cc2c(c1F)CC=C2N1C[C@@H](C)SC1=O. The van der Waals surface area contributed by atoms with E-state index in [1.807, 2.05) is 13.0 Å². The smallest absolute Gasteiger partial charge is 0.286 e. The fourth-order valence-electron chi connectivity index (χ4n) is 2.74. The van der Waals surface area contributed by atoms with E-state index in [2.05, 4.69) is 0 Å². The number of nitrogens with zero attached hydrogens (tertiary/aromatic N) is 1. The molecule has 0 unspecified atom stereocenters. The first-order valence-electron chi connectivity index (χ1n) is 6.48. The Bertz CT molecular complexity index is 654. The van der Waals surface area contributed by atoms with Gasteiger partial charge in [-0.25, -0.2) is 4.39 Å². The molecule has 1 aromatic carbocycles. The number of hydrogen-bond donors (Lipinski definition) is 0. The van der Waals surface area contributed by atoms with E-state index >= 15 is 0 Å². The number of carbonyl (C=O) groups is 2. The van der Waals surface area contributed by atoms with Crippen LogP contribution in [0.25, 0.3) is 5.70 Å². The Morgan fingerprint density at radius 2 is 2.25 bits per heavy atom. The highest BCUT2D eigenvalue weighted by Gasteiger charge is 2.34. The molecule has 1 aliphatic heterocycles. The predicted molar refractivity (Wildman–Crippen MR) is 77.4 cm³/mol. The first-order chi connectivity index (χ1) is 9.52. The number of fused-ring (bicyclic) bond motifs is 1. The minimum atomic E-state index is -0.330. The molecular formula is C15H14FNO2S. The molecule has 0 spiro atoms. The van der Waals surface area contributed by atoms with Crippen molar-refractivity contribution >= 4 is 29.0 Å². The molecule has 1 aliphatic carbocycles. The Morgan fingerprint density at radius 1 is 1.50 bits per heavy atom. The molecule has 1 amide bonds. The second-order valence-electron chi connectivity index (χ2n) is 5.15. The number of aldehydes is 1. The second kappa shape index (κ2) is 4.74. The van der Waals surface area contributed by atoms with Gasteiger partial charge >= 0.3 is 0 Å². The average molecular weight is 291 g/mol. The molecule has 0 N–H and O–H groups in total. The lowest BCUT2D eigenvalue weighted by molar-refractivity contribution is 0.112. The number of carbonyl (C=O) groups excluding carboxylic acids is 2. The lowest BCUT2D eigenvalue weighted by Gasteiger charge is -2.19. The fourth-order valence-corrected chi connectivity index (χ4v) is 3.61. The third-order valence-electron chi connectivity index (χ3n) is 3.81. The molecule has 1 aromatic rings. The summed E-state index contributed by atoms with van der Waals surface area (Å²) in [6.45, 7) is 4.22. The zero-order valence-corrected chi connectivity index (χ0v) is 12.1. The molecule has 104 valence electrons. The predicted octanol–water partition coefficient (Wildman–Crippen LogP) is 3.40. The van der Waals surface area contributed by atoms with Crippen molar-refractivity contribution in [3.63, 3.8) is 0 Å². The van der Waals surface area contributed by atoms with E-state index in [-0.39, 0.29) is 16.3 Å². The van der Waals surface area contributed by atoms with Gasteiger partial charge in [-0.3, -0.25) is 9.59 Å². The van der Waals surface area contributed by atoms with Crippen LogP contribution in [0.2, 0.25) is 0 Å². The van der Waals surface area contributed by atoms with Gasteiger partial charge in [-0.15, -0.1) is 0 Å². The van der Waals surface area contributed by atoms with Crippen LogP contribution >= 0.6 is 11.8 Å². The van der Waals surface area contributed by atoms with Crippen molar-refractivity contribution < 1.29 is 14.0 Å². The summed E-state index contributed by atoms with van der Waals surface area (Å²) >= 11 is 1.29. The number of benzene rings is 1. The van der Waals surface area contributed by atoms with Gasteiger partial charge in [0.1, 0.15) is 12.1 Å². The first kappa shape index (κ1) is 13.4. The van der Waals surface area contributed by atoms with Crippen LogP contribution in [0.4, 0.5) is 9.18 Å². The number of thioether (sulfide) groups is 1. The van der Waals surface area contributed by atoms with Gasteiger partial charge in [-0.05, 0) is 25.0 Å². The molecule has 3 rings (SSSR count). The molecule has 5 heteroatoms.